The number of benzene rings is 1. The molecule has 0 aliphatic carbocycles. The smallest absolute Gasteiger partial charge is 0.275 e. The van der Waals surface area contributed by atoms with E-state index in [1.54, 1.807) is 37.6 Å². The zero-order chi connectivity index (χ0) is 14.5. The van der Waals surface area contributed by atoms with E-state index in [1.165, 1.54) is 6.07 Å². The number of methoxy groups -OCH3 is 1. The fourth-order valence-electron chi connectivity index (χ4n) is 1.66. The van der Waals surface area contributed by atoms with Gasteiger partial charge in [0.15, 0.2) is 0 Å². The Morgan fingerprint density at radius 1 is 1.40 bits per heavy atom. The number of pyridine rings is 1. The van der Waals surface area contributed by atoms with Crippen LogP contribution in [0.5, 0.6) is 5.88 Å². The molecule has 104 valence electrons. The summed E-state index contributed by atoms with van der Waals surface area (Å²) in [6.07, 6.45) is 1.61. The molecule has 0 unspecified atom stereocenters. The number of halogens is 1. The maximum atomic E-state index is 11.0. The molecule has 1 heterocycles. The summed E-state index contributed by atoms with van der Waals surface area (Å²) in [5, 5.41) is 14.1. The molecule has 0 fully saturated rings. The molecule has 0 aliphatic heterocycles. The highest BCUT2D eigenvalue weighted by Crippen LogP contribution is 2.24. The quantitative estimate of drug-likeness (QED) is 0.668. The molecule has 1 aromatic heterocycles. The van der Waals surface area contributed by atoms with E-state index in [0.29, 0.717) is 22.5 Å². The summed E-state index contributed by atoms with van der Waals surface area (Å²) in [7, 11) is 1.54. The van der Waals surface area contributed by atoms with Crippen molar-refractivity contribution < 1.29 is 9.66 Å². The summed E-state index contributed by atoms with van der Waals surface area (Å²) in [5.41, 5.74) is 1.45. The summed E-state index contributed by atoms with van der Waals surface area (Å²) in [6, 6.07) is 8.50. The SMILES string of the molecule is COc1ccc(NCc2ccc(Br)cc2[N+](=O)[O-])cn1. The Morgan fingerprint density at radius 2 is 2.20 bits per heavy atom. The molecule has 20 heavy (non-hydrogen) atoms. The molecule has 6 nitrogen and oxygen atoms in total. The summed E-state index contributed by atoms with van der Waals surface area (Å²) in [5.74, 6) is 0.519. The number of nitrogens with zero attached hydrogens (tertiary/aromatic N) is 2. The van der Waals surface area contributed by atoms with Gasteiger partial charge in [-0.3, -0.25) is 10.1 Å². The number of anilines is 1. The number of nitrogens with one attached hydrogen (secondary N) is 1. The molecule has 2 rings (SSSR count). The van der Waals surface area contributed by atoms with Gasteiger partial charge < -0.3 is 10.1 Å². The first-order valence-electron chi connectivity index (χ1n) is 5.77. The van der Waals surface area contributed by atoms with Crippen molar-refractivity contribution >= 4 is 27.3 Å². The van der Waals surface area contributed by atoms with Crippen LogP contribution in [-0.2, 0) is 6.54 Å². The van der Waals surface area contributed by atoms with Crippen LogP contribution < -0.4 is 10.1 Å². The predicted octanol–water partition coefficient (Wildman–Crippen LogP) is 3.37. The number of ether oxygens (including phenoxy) is 1. The third-order valence-corrected chi connectivity index (χ3v) is 3.17. The van der Waals surface area contributed by atoms with Gasteiger partial charge in [-0.15, -0.1) is 0 Å². The van der Waals surface area contributed by atoms with E-state index < -0.39 is 4.92 Å². The number of hydrogen-bond donors (Lipinski definition) is 1. The van der Waals surface area contributed by atoms with E-state index in [2.05, 4.69) is 26.2 Å². The number of rotatable bonds is 5. The minimum atomic E-state index is -0.395. The number of nitro groups is 1. The molecule has 0 radical (unpaired) electrons. The van der Waals surface area contributed by atoms with Crippen LogP contribution in [0.15, 0.2) is 41.0 Å². The highest BCUT2D eigenvalue weighted by Gasteiger charge is 2.13. The Morgan fingerprint density at radius 3 is 2.80 bits per heavy atom. The lowest BCUT2D eigenvalue weighted by Gasteiger charge is -2.07. The van der Waals surface area contributed by atoms with Crippen molar-refractivity contribution in [3.05, 3.63) is 56.7 Å². The van der Waals surface area contributed by atoms with Crippen molar-refractivity contribution in [1.82, 2.24) is 4.98 Å². The summed E-state index contributed by atoms with van der Waals surface area (Å²) >= 11 is 3.23. The Labute approximate surface area is 124 Å². The number of aromatic nitrogens is 1. The van der Waals surface area contributed by atoms with Crippen molar-refractivity contribution in [2.24, 2.45) is 0 Å². The number of hydrogen-bond acceptors (Lipinski definition) is 5. The van der Waals surface area contributed by atoms with Gasteiger partial charge in [-0.1, -0.05) is 15.9 Å². The topological polar surface area (TPSA) is 77.3 Å². The van der Waals surface area contributed by atoms with E-state index >= 15 is 0 Å². The van der Waals surface area contributed by atoms with E-state index in [1.807, 2.05) is 0 Å². The van der Waals surface area contributed by atoms with E-state index in [-0.39, 0.29) is 5.69 Å². The third kappa shape index (κ3) is 3.45. The molecule has 0 bridgehead atoms. The molecule has 2 aromatic rings. The fraction of sp³-hybridized carbons (Fsp3) is 0.154. The highest BCUT2D eigenvalue weighted by atomic mass is 79.9. The maximum absolute atomic E-state index is 11.0. The van der Waals surface area contributed by atoms with Crippen LogP contribution in [-0.4, -0.2) is 17.0 Å². The van der Waals surface area contributed by atoms with Crippen LogP contribution in [0, 0.1) is 10.1 Å². The van der Waals surface area contributed by atoms with Gasteiger partial charge in [0.1, 0.15) is 0 Å². The van der Waals surface area contributed by atoms with Crippen LogP contribution in [0.2, 0.25) is 0 Å². The second kappa shape index (κ2) is 6.33. The Balaban J connectivity index is 2.12. The van der Waals surface area contributed by atoms with Crippen LogP contribution >= 0.6 is 15.9 Å². The molecule has 0 saturated carbocycles. The van der Waals surface area contributed by atoms with Gasteiger partial charge in [0.2, 0.25) is 5.88 Å². The average molecular weight is 338 g/mol. The summed E-state index contributed by atoms with van der Waals surface area (Å²) in [6.45, 7) is 0.345. The van der Waals surface area contributed by atoms with Crippen molar-refractivity contribution in [2.45, 2.75) is 6.54 Å². The van der Waals surface area contributed by atoms with Crippen LogP contribution in [0.3, 0.4) is 0 Å². The maximum Gasteiger partial charge on any atom is 0.275 e. The van der Waals surface area contributed by atoms with Crippen molar-refractivity contribution in [3.8, 4) is 5.88 Å². The van der Waals surface area contributed by atoms with Gasteiger partial charge >= 0.3 is 0 Å². The lowest BCUT2D eigenvalue weighted by molar-refractivity contribution is -0.385. The van der Waals surface area contributed by atoms with Gasteiger partial charge in [-0.05, 0) is 18.2 Å². The third-order valence-electron chi connectivity index (χ3n) is 2.67. The average Bonchev–Trinajstić information content (AvgIpc) is 2.46. The predicted molar refractivity (Wildman–Crippen MR) is 78.9 cm³/mol. The van der Waals surface area contributed by atoms with E-state index in [4.69, 9.17) is 4.74 Å². The standard InChI is InChI=1S/C13H12BrN3O3/c1-20-13-5-4-11(8-16-13)15-7-9-2-3-10(14)6-12(9)17(18)19/h2-6,8,15H,7H2,1H3. The van der Waals surface area contributed by atoms with Crippen LogP contribution in [0.1, 0.15) is 5.56 Å². The molecular weight excluding hydrogens is 326 g/mol. The van der Waals surface area contributed by atoms with Gasteiger partial charge in [0.05, 0.1) is 23.9 Å². The van der Waals surface area contributed by atoms with E-state index in [0.717, 1.165) is 5.69 Å². The molecule has 7 heteroatoms. The summed E-state index contributed by atoms with van der Waals surface area (Å²) < 4.78 is 5.64. The highest BCUT2D eigenvalue weighted by molar-refractivity contribution is 9.10. The zero-order valence-corrected chi connectivity index (χ0v) is 12.3. The van der Waals surface area contributed by atoms with Crippen molar-refractivity contribution in [2.75, 3.05) is 12.4 Å². The molecule has 1 N–H and O–H groups in total. The second-order valence-corrected chi connectivity index (χ2v) is 4.89. The molecule has 0 saturated heterocycles. The van der Waals surface area contributed by atoms with Gasteiger partial charge in [-0.2, -0.15) is 0 Å². The molecule has 0 atom stereocenters. The monoisotopic (exact) mass is 337 g/mol. The Bertz CT molecular complexity index is 617. The Hall–Kier alpha value is -2.15. The fourth-order valence-corrected chi connectivity index (χ4v) is 2.01. The molecule has 0 spiro atoms. The van der Waals surface area contributed by atoms with Gasteiger partial charge in [0, 0.05) is 28.7 Å². The minimum absolute atomic E-state index is 0.0772. The zero-order valence-electron chi connectivity index (χ0n) is 10.7. The van der Waals surface area contributed by atoms with Crippen molar-refractivity contribution in [3.63, 3.8) is 0 Å². The van der Waals surface area contributed by atoms with Gasteiger partial charge in [-0.25, -0.2) is 4.98 Å². The lowest BCUT2D eigenvalue weighted by Crippen LogP contribution is -2.03. The van der Waals surface area contributed by atoms with Crippen LogP contribution in [0.4, 0.5) is 11.4 Å². The first-order valence-corrected chi connectivity index (χ1v) is 6.56. The van der Waals surface area contributed by atoms with Gasteiger partial charge in [0.25, 0.3) is 5.69 Å². The molecular formula is C13H12BrN3O3. The van der Waals surface area contributed by atoms with E-state index in [9.17, 15) is 10.1 Å². The lowest BCUT2D eigenvalue weighted by atomic mass is 10.2. The normalized spacial score (nSPS) is 10.1. The first-order chi connectivity index (χ1) is 9.60. The molecule has 0 amide bonds. The largest absolute Gasteiger partial charge is 0.481 e. The van der Waals surface area contributed by atoms with Crippen molar-refractivity contribution in [1.29, 1.82) is 0 Å². The number of nitro benzene ring substituents is 1. The first kappa shape index (κ1) is 14.3. The summed E-state index contributed by atoms with van der Waals surface area (Å²) in [4.78, 5) is 14.7. The minimum Gasteiger partial charge on any atom is -0.481 e. The Kier molecular flexibility index (Phi) is 4.52. The molecule has 1 aromatic carbocycles. The second-order valence-electron chi connectivity index (χ2n) is 3.97. The molecule has 0 aliphatic rings. The van der Waals surface area contributed by atoms with Crippen LogP contribution in [0.25, 0.3) is 0 Å².